The molecule has 0 aliphatic heterocycles. The number of amides is 2. The fraction of sp³-hybridized carbons (Fsp3) is 0.312. The van der Waals surface area contributed by atoms with Gasteiger partial charge in [0, 0.05) is 11.8 Å². The van der Waals surface area contributed by atoms with Crippen LogP contribution in [0.25, 0.3) is 0 Å². The molecule has 0 fully saturated rings. The molecule has 26 heavy (non-hydrogen) atoms. The van der Waals surface area contributed by atoms with Gasteiger partial charge in [-0.3, -0.25) is 9.59 Å². The molecule has 0 spiro atoms. The minimum atomic E-state index is -4.43. The van der Waals surface area contributed by atoms with E-state index in [1.54, 1.807) is 19.9 Å². The van der Waals surface area contributed by atoms with Crippen molar-refractivity contribution >= 4 is 35.1 Å². The summed E-state index contributed by atoms with van der Waals surface area (Å²) < 4.78 is 42.3. The van der Waals surface area contributed by atoms with Crippen molar-refractivity contribution in [1.29, 1.82) is 0 Å². The van der Waals surface area contributed by atoms with Crippen LogP contribution in [-0.4, -0.2) is 28.0 Å². The second-order valence-electron chi connectivity index (χ2n) is 5.39. The Morgan fingerprint density at radius 3 is 2.42 bits per heavy atom. The van der Waals surface area contributed by atoms with Gasteiger partial charge in [-0.15, -0.1) is 11.8 Å². The van der Waals surface area contributed by atoms with E-state index in [4.69, 9.17) is 4.52 Å². The van der Waals surface area contributed by atoms with Gasteiger partial charge in [-0.1, -0.05) is 5.16 Å². The van der Waals surface area contributed by atoms with E-state index in [1.165, 1.54) is 12.1 Å². The smallest absolute Gasteiger partial charge is 0.360 e. The molecule has 1 heterocycles. The first-order chi connectivity index (χ1) is 12.1. The Kier molecular flexibility index (Phi) is 6.30. The second kappa shape index (κ2) is 8.26. The summed E-state index contributed by atoms with van der Waals surface area (Å²) in [5, 5.41) is 8.14. The van der Waals surface area contributed by atoms with Crippen molar-refractivity contribution in [1.82, 2.24) is 5.16 Å². The number of anilines is 2. The zero-order chi connectivity index (χ0) is 19.3. The third-order valence-electron chi connectivity index (χ3n) is 3.21. The van der Waals surface area contributed by atoms with Gasteiger partial charge in [0.25, 0.3) is 0 Å². The van der Waals surface area contributed by atoms with Crippen molar-refractivity contribution in [2.75, 3.05) is 16.4 Å². The Hall–Kier alpha value is -2.49. The molecule has 0 saturated carbocycles. The topological polar surface area (TPSA) is 84.2 Å². The van der Waals surface area contributed by atoms with Crippen LogP contribution in [0.3, 0.4) is 0 Å². The monoisotopic (exact) mass is 387 g/mol. The van der Waals surface area contributed by atoms with Gasteiger partial charge >= 0.3 is 6.18 Å². The summed E-state index contributed by atoms with van der Waals surface area (Å²) in [7, 11) is 0. The van der Waals surface area contributed by atoms with Crippen LogP contribution in [-0.2, 0) is 15.8 Å². The van der Waals surface area contributed by atoms with E-state index < -0.39 is 22.9 Å². The highest BCUT2D eigenvalue weighted by atomic mass is 32.2. The van der Waals surface area contributed by atoms with Crippen molar-refractivity contribution in [3.8, 4) is 0 Å². The summed E-state index contributed by atoms with van der Waals surface area (Å²) in [4.78, 5) is 23.8. The zero-order valence-electron chi connectivity index (χ0n) is 13.9. The molecule has 6 nitrogen and oxygen atoms in total. The minimum absolute atomic E-state index is 0.0343. The molecular weight excluding hydrogens is 371 g/mol. The van der Waals surface area contributed by atoms with Gasteiger partial charge in [-0.25, -0.2) is 0 Å². The lowest BCUT2D eigenvalue weighted by Gasteiger charge is -2.11. The Morgan fingerprint density at radius 1 is 1.23 bits per heavy atom. The van der Waals surface area contributed by atoms with E-state index in [2.05, 4.69) is 15.8 Å². The normalized spacial score (nSPS) is 12.5. The highest BCUT2D eigenvalue weighted by molar-refractivity contribution is 8.01. The van der Waals surface area contributed by atoms with Crippen molar-refractivity contribution in [2.24, 2.45) is 0 Å². The molecule has 1 unspecified atom stereocenters. The van der Waals surface area contributed by atoms with Crippen LogP contribution >= 0.6 is 11.8 Å². The number of aryl methyl sites for hydroxylation is 1. The summed E-state index contributed by atoms with van der Waals surface area (Å²) in [6, 6.07) is 5.69. The molecule has 0 bridgehead atoms. The van der Waals surface area contributed by atoms with E-state index in [9.17, 15) is 22.8 Å². The Morgan fingerprint density at radius 2 is 1.88 bits per heavy atom. The van der Waals surface area contributed by atoms with Crippen LogP contribution in [0.2, 0.25) is 0 Å². The van der Waals surface area contributed by atoms with Crippen molar-refractivity contribution in [3.05, 3.63) is 41.7 Å². The molecule has 0 aliphatic rings. The second-order valence-corrected chi connectivity index (χ2v) is 6.72. The van der Waals surface area contributed by atoms with Gasteiger partial charge in [0.1, 0.15) is 5.76 Å². The number of halogens is 3. The summed E-state index contributed by atoms with van der Waals surface area (Å²) in [6.07, 6.45) is -4.43. The SMILES string of the molecule is Cc1cc(NC(=O)C(C)SCC(=O)Nc2ccc(C(F)(F)F)cc2)no1. The maximum atomic E-state index is 12.5. The standard InChI is InChI=1S/C16H16F3N3O3S/c1-9-7-13(22-25-9)21-15(24)10(2)26-8-14(23)20-12-5-3-11(4-6-12)16(17,18)19/h3-7,10H,8H2,1-2H3,(H,20,23)(H,21,22,24). The molecule has 10 heteroatoms. The highest BCUT2D eigenvalue weighted by Gasteiger charge is 2.30. The number of alkyl halides is 3. The van der Waals surface area contributed by atoms with Gasteiger partial charge < -0.3 is 15.2 Å². The molecule has 0 saturated heterocycles. The number of nitrogens with one attached hydrogen (secondary N) is 2. The Labute approximate surface area is 151 Å². The lowest BCUT2D eigenvalue weighted by atomic mass is 10.2. The van der Waals surface area contributed by atoms with Gasteiger partial charge in [0.15, 0.2) is 5.82 Å². The maximum Gasteiger partial charge on any atom is 0.416 e. The number of hydrogen-bond acceptors (Lipinski definition) is 5. The number of thioether (sulfide) groups is 1. The molecule has 2 rings (SSSR count). The van der Waals surface area contributed by atoms with E-state index in [0.29, 0.717) is 5.76 Å². The molecule has 1 aromatic carbocycles. The number of carbonyl (C=O) groups is 2. The maximum absolute atomic E-state index is 12.5. The molecule has 2 aromatic rings. The van der Waals surface area contributed by atoms with Crippen LogP contribution in [0, 0.1) is 6.92 Å². The van der Waals surface area contributed by atoms with E-state index in [1.807, 2.05) is 0 Å². The van der Waals surface area contributed by atoms with Gasteiger partial charge in [-0.2, -0.15) is 13.2 Å². The first-order valence-corrected chi connectivity index (χ1v) is 8.53. The molecular formula is C16H16F3N3O3S. The average molecular weight is 387 g/mol. The van der Waals surface area contributed by atoms with Crippen molar-refractivity contribution in [3.63, 3.8) is 0 Å². The minimum Gasteiger partial charge on any atom is -0.360 e. The molecule has 2 N–H and O–H groups in total. The van der Waals surface area contributed by atoms with Gasteiger partial charge in [0.05, 0.1) is 16.6 Å². The average Bonchev–Trinajstić information content (AvgIpc) is 2.97. The number of benzene rings is 1. The number of hydrogen-bond donors (Lipinski definition) is 2. The van der Waals surface area contributed by atoms with E-state index >= 15 is 0 Å². The van der Waals surface area contributed by atoms with Gasteiger partial charge in [0.2, 0.25) is 11.8 Å². The molecule has 0 radical (unpaired) electrons. The number of aromatic nitrogens is 1. The lowest BCUT2D eigenvalue weighted by molar-refractivity contribution is -0.137. The van der Waals surface area contributed by atoms with Crippen LogP contribution in [0.1, 0.15) is 18.2 Å². The molecule has 1 atom stereocenters. The quantitative estimate of drug-likeness (QED) is 0.790. The molecule has 1 aromatic heterocycles. The fourth-order valence-corrected chi connectivity index (χ4v) is 2.55. The van der Waals surface area contributed by atoms with Crippen LogP contribution < -0.4 is 10.6 Å². The van der Waals surface area contributed by atoms with Gasteiger partial charge in [-0.05, 0) is 38.1 Å². The van der Waals surface area contributed by atoms with Crippen molar-refractivity contribution in [2.45, 2.75) is 25.3 Å². The largest absolute Gasteiger partial charge is 0.416 e. The Balaban J connectivity index is 1.79. The van der Waals surface area contributed by atoms with Crippen LogP contribution in [0.5, 0.6) is 0 Å². The summed E-state index contributed by atoms with van der Waals surface area (Å²) >= 11 is 1.08. The number of rotatable bonds is 6. The summed E-state index contributed by atoms with van der Waals surface area (Å²) in [5.74, 6) is 0.0379. The zero-order valence-corrected chi connectivity index (χ0v) is 14.7. The molecule has 140 valence electrons. The number of carbonyl (C=O) groups excluding carboxylic acids is 2. The molecule has 0 aliphatic carbocycles. The number of nitrogens with zero attached hydrogens (tertiary/aromatic N) is 1. The lowest BCUT2D eigenvalue weighted by Crippen LogP contribution is -2.25. The van der Waals surface area contributed by atoms with E-state index in [0.717, 1.165) is 23.9 Å². The van der Waals surface area contributed by atoms with E-state index in [-0.39, 0.29) is 23.2 Å². The third kappa shape index (κ3) is 5.80. The van der Waals surface area contributed by atoms with Crippen molar-refractivity contribution < 1.29 is 27.3 Å². The first-order valence-electron chi connectivity index (χ1n) is 7.48. The first kappa shape index (κ1) is 19.8. The van der Waals surface area contributed by atoms with Crippen LogP contribution in [0.15, 0.2) is 34.9 Å². The Bertz CT molecular complexity index is 775. The predicted octanol–water partition coefficient (Wildman–Crippen LogP) is 3.70. The fourth-order valence-electron chi connectivity index (χ4n) is 1.87. The predicted molar refractivity (Wildman–Crippen MR) is 91.9 cm³/mol. The molecule has 2 amide bonds. The summed E-state index contributed by atoms with van der Waals surface area (Å²) in [5.41, 5.74) is -0.544. The third-order valence-corrected chi connectivity index (χ3v) is 4.35. The highest BCUT2D eigenvalue weighted by Crippen LogP contribution is 2.29. The summed E-state index contributed by atoms with van der Waals surface area (Å²) in [6.45, 7) is 3.31. The van der Waals surface area contributed by atoms with Crippen LogP contribution in [0.4, 0.5) is 24.7 Å².